The zero-order chi connectivity index (χ0) is 14.1. The van der Waals surface area contributed by atoms with Crippen LogP contribution >= 0.6 is 0 Å². The fraction of sp³-hybridized carbons (Fsp3) is 0.429. The average Bonchev–Trinajstić information content (AvgIpc) is 2.41. The number of carboxylic acids is 1. The molecule has 0 heterocycles. The van der Waals surface area contributed by atoms with Crippen LogP contribution in [-0.2, 0) is 11.3 Å². The molecule has 1 aromatic carbocycles. The van der Waals surface area contributed by atoms with E-state index in [0.29, 0.717) is 26.1 Å². The number of urea groups is 1. The molecular weight excluding hydrogens is 244 g/mol. The molecule has 0 aromatic heterocycles. The number of nitrogens with one attached hydrogen (secondary N) is 1. The third-order valence-electron chi connectivity index (χ3n) is 2.73. The highest BCUT2D eigenvalue weighted by molar-refractivity contribution is 5.74. The van der Waals surface area contributed by atoms with Gasteiger partial charge in [0.25, 0.3) is 0 Å². The minimum atomic E-state index is -0.842. The van der Waals surface area contributed by atoms with E-state index in [2.05, 4.69) is 5.32 Å². The molecule has 5 nitrogen and oxygen atoms in total. The van der Waals surface area contributed by atoms with Crippen LogP contribution in [0.3, 0.4) is 0 Å². The molecule has 19 heavy (non-hydrogen) atoms. The van der Waals surface area contributed by atoms with Crippen molar-refractivity contribution >= 4 is 12.0 Å². The molecule has 0 radical (unpaired) electrons. The number of carbonyl (C=O) groups is 2. The van der Waals surface area contributed by atoms with Gasteiger partial charge < -0.3 is 15.3 Å². The Labute approximate surface area is 113 Å². The molecule has 1 aromatic rings. The van der Waals surface area contributed by atoms with Crippen molar-refractivity contribution in [1.29, 1.82) is 0 Å². The molecule has 0 saturated carbocycles. The zero-order valence-electron chi connectivity index (χ0n) is 11.1. The molecule has 0 fully saturated rings. The Bertz CT molecular complexity index is 406. The van der Waals surface area contributed by atoms with E-state index in [0.717, 1.165) is 5.56 Å². The van der Waals surface area contributed by atoms with Gasteiger partial charge in [-0.3, -0.25) is 4.79 Å². The number of hydrogen-bond acceptors (Lipinski definition) is 2. The van der Waals surface area contributed by atoms with Gasteiger partial charge in [0.2, 0.25) is 0 Å². The van der Waals surface area contributed by atoms with E-state index in [1.54, 1.807) is 4.90 Å². The molecule has 104 valence electrons. The van der Waals surface area contributed by atoms with E-state index in [9.17, 15) is 9.59 Å². The minimum absolute atomic E-state index is 0.0745. The van der Waals surface area contributed by atoms with Crippen LogP contribution in [0, 0.1) is 0 Å². The standard InChI is InChI=1S/C14H20N2O3/c1-2-16(11-12-7-4-3-5-8-12)14(19)15-10-6-9-13(17)18/h3-5,7-8H,2,6,9-11H2,1H3,(H,15,19)(H,17,18). The van der Waals surface area contributed by atoms with Gasteiger partial charge in [0.05, 0.1) is 0 Å². The third kappa shape index (κ3) is 5.90. The van der Waals surface area contributed by atoms with Crippen molar-refractivity contribution in [2.24, 2.45) is 0 Å². The van der Waals surface area contributed by atoms with E-state index >= 15 is 0 Å². The number of benzene rings is 1. The van der Waals surface area contributed by atoms with Crippen LogP contribution in [0.2, 0.25) is 0 Å². The Kier molecular flexibility index (Phi) is 6.43. The lowest BCUT2D eigenvalue weighted by molar-refractivity contribution is -0.137. The molecule has 2 amide bonds. The van der Waals surface area contributed by atoms with E-state index in [1.165, 1.54) is 0 Å². The van der Waals surface area contributed by atoms with Gasteiger partial charge >= 0.3 is 12.0 Å². The first kappa shape index (κ1) is 15.0. The smallest absolute Gasteiger partial charge is 0.317 e. The number of amides is 2. The SMILES string of the molecule is CCN(Cc1ccccc1)C(=O)NCCCC(=O)O. The number of hydrogen-bond donors (Lipinski definition) is 2. The van der Waals surface area contributed by atoms with Crippen LogP contribution < -0.4 is 5.32 Å². The molecule has 0 spiro atoms. The summed E-state index contributed by atoms with van der Waals surface area (Å²) < 4.78 is 0. The molecule has 1 rings (SSSR count). The summed E-state index contributed by atoms with van der Waals surface area (Å²) in [6.45, 7) is 3.47. The van der Waals surface area contributed by atoms with Gasteiger partial charge in [-0.15, -0.1) is 0 Å². The number of carboxylic acid groups (broad SMARTS) is 1. The van der Waals surface area contributed by atoms with Gasteiger partial charge in [-0.25, -0.2) is 4.79 Å². The predicted molar refractivity (Wildman–Crippen MR) is 72.8 cm³/mol. The lowest BCUT2D eigenvalue weighted by Crippen LogP contribution is -2.39. The molecule has 0 atom stereocenters. The molecule has 2 N–H and O–H groups in total. The minimum Gasteiger partial charge on any atom is -0.481 e. The fourth-order valence-corrected chi connectivity index (χ4v) is 1.68. The molecule has 0 aliphatic carbocycles. The first-order valence-electron chi connectivity index (χ1n) is 6.42. The van der Waals surface area contributed by atoms with Gasteiger partial charge in [-0.2, -0.15) is 0 Å². The maximum absolute atomic E-state index is 11.9. The van der Waals surface area contributed by atoms with Gasteiger partial charge in [0.15, 0.2) is 0 Å². The molecule has 0 saturated heterocycles. The molecular formula is C14H20N2O3. The molecule has 0 aliphatic heterocycles. The Morgan fingerprint density at radius 1 is 1.26 bits per heavy atom. The van der Waals surface area contributed by atoms with Gasteiger partial charge in [-0.05, 0) is 18.9 Å². The summed E-state index contributed by atoms with van der Waals surface area (Å²) >= 11 is 0. The van der Waals surface area contributed by atoms with E-state index in [1.807, 2.05) is 37.3 Å². The van der Waals surface area contributed by atoms with Crippen molar-refractivity contribution in [2.45, 2.75) is 26.3 Å². The third-order valence-corrected chi connectivity index (χ3v) is 2.73. The second kappa shape index (κ2) is 8.13. The maximum Gasteiger partial charge on any atom is 0.317 e. The molecule has 0 aliphatic rings. The lowest BCUT2D eigenvalue weighted by Gasteiger charge is -2.21. The largest absolute Gasteiger partial charge is 0.481 e. The van der Waals surface area contributed by atoms with Crippen LogP contribution in [0.25, 0.3) is 0 Å². The Balaban J connectivity index is 2.37. The summed E-state index contributed by atoms with van der Waals surface area (Å²) in [5.74, 6) is -0.842. The van der Waals surface area contributed by atoms with E-state index in [-0.39, 0.29) is 12.5 Å². The van der Waals surface area contributed by atoms with Crippen molar-refractivity contribution in [3.8, 4) is 0 Å². The van der Waals surface area contributed by atoms with Crippen molar-refractivity contribution < 1.29 is 14.7 Å². The average molecular weight is 264 g/mol. The fourth-order valence-electron chi connectivity index (χ4n) is 1.68. The Morgan fingerprint density at radius 2 is 1.95 bits per heavy atom. The van der Waals surface area contributed by atoms with Gasteiger partial charge in [-0.1, -0.05) is 30.3 Å². The number of nitrogens with zero attached hydrogens (tertiary/aromatic N) is 1. The molecule has 0 bridgehead atoms. The summed E-state index contributed by atoms with van der Waals surface area (Å²) in [5.41, 5.74) is 1.07. The number of carbonyl (C=O) groups excluding carboxylic acids is 1. The monoisotopic (exact) mass is 264 g/mol. The van der Waals surface area contributed by atoms with Crippen LogP contribution in [-0.4, -0.2) is 35.1 Å². The summed E-state index contributed by atoms with van der Waals surface area (Å²) in [7, 11) is 0. The Morgan fingerprint density at radius 3 is 2.53 bits per heavy atom. The summed E-state index contributed by atoms with van der Waals surface area (Å²) in [6.07, 6.45) is 0.523. The first-order chi connectivity index (χ1) is 9.13. The van der Waals surface area contributed by atoms with Gasteiger partial charge in [0, 0.05) is 26.1 Å². The number of aliphatic carboxylic acids is 1. The molecule has 0 unspecified atom stereocenters. The van der Waals surface area contributed by atoms with E-state index in [4.69, 9.17) is 5.11 Å². The van der Waals surface area contributed by atoms with Crippen molar-refractivity contribution in [1.82, 2.24) is 10.2 Å². The highest BCUT2D eigenvalue weighted by Crippen LogP contribution is 2.04. The van der Waals surface area contributed by atoms with Crippen molar-refractivity contribution in [3.05, 3.63) is 35.9 Å². The van der Waals surface area contributed by atoms with Crippen LogP contribution in [0.1, 0.15) is 25.3 Å². The normalized spacial score (nSPS) is 9.95. The van der Waals surface area contributed by atoms with Crippen LogP contribution in [0.4, 0.5) is 4.79 Å². The highest BCUT2D eigenvalue weighted by atomic mass is 16.4. The summed E-state index contributed by atoms with van der Waals surface area (Å²) in [6, 6.07) is 9.60. The first-order valence-corrected chi connectivity index (χ1v) is 6.42. The highest BCUT2D eigenvalue weighted by Gasteiger charge is 2.11. The number of rotatable bonds is 7. The molecule has 5 heteroatoms. The summed E-state index contributed by atoms with van der Waals surface area (Å²) in [4.78, 5) is 23.9. The summed E-state index contributed by atoms with van der Waals surface area (Å²) in [5, 5.41) is 11.2. The van der Waals surface area contributed by atoms with Gasteiger partial charge in [0.1, 0.15) is 0 Å². The second-order valence-corrected chi connectivity index (χ2v) is 4.23. The quantitative estimate of drug-likeness (QED) is 0.741. The zero-order valence-corrected chi connectivity index (χ0v) is 11.1. The van der Waals surface area contributed by atoms with Crippen LogP contribution in [0.5, 0.6) is 0 Å². The van der Waals surface area contributed by atoms with Crippen molar-refractivity contribution in [3.63, 3.8) is 0 Å². The maximum atomic E-state index is 11.9. The predicted octanol–water partition coefficient (Wildman–Crippen LogP) is 2.08. The second-order valence-electron chi connectivity index (χ2n) is 4.23. The van der Waals surface area contributed by atoms with Crippen LogP contribution in [0.15, 0.2) is 30.3 Å². The van der Waals surface area contributed by atoms with E-state index < -0.39 is 5.97 Å². The Hall–Kier alpha value is -2.04. The topological polar surface area (TPSA) is 69.6 Å². The van der Waals surface area contributed by atoms with Crippen molar-refractivity contribution in [2.75, 3.05) is 13.1 Å². The lowest BCUT2D eigenvalue weighted by atomic mass is 10.2.